The third kappa shape index (κ3) is 4.81. The minimum Gasteiger partial charge on any atom is -0.377 e. The molecule has 0 spiro atoms. The highest BCUT2D eigenvalue weighted by Gasteiger charge is 2.29. The van der Waals surface area contributed by atoms with Gasteiger partial charge in [0.2, 0.25) is 10.0 Å². The van der Waals surface area contributed by atoms with Crippen LogP contribution in [0.4, 0.5) is 0 Å². The fourth-order valence-electron chi connectivity index (χ4n) is 3.05. The van der Waals surface area contributed by atoms with Crippen LogP contribution in [0.1, 0.15) is 29.6 Å². The van der Waals surface area contributed by atoms with Crippen molar-refractivity contribution in [3.05, 3.63) is 29.8 Å². The van der Waals surface area contributed by atoms with E-state index in [0.717, 1.165) is 12.8 Å². The van der Waals surface area contributed by atoms with Crippen molar-refractivity contribution in [3.63, 3.8) is 0 Å². The third-order valence-corrected chi connectivity index (χ3v) is 7.73. The summed E-state index contributed by atoms with van der Waals surface area (Å²) in [5.74, 6) is -0.396. The predicted octanol–water partition coefficient (Wildman–Crippen LogP) is 0.0608. The second-order valence-corrected chi connectivity index (χ2v) is 10.6. The molecule has 2 saturated heterocycles. The molecule has 2 atom stereocenters. The zero-order valence-electron chi connectivity index (χ0n) is 14.2. The molecular weight excluding hydrogens is 380 g/mol. The number of rotatable bonds is 6. The van der Waals surface area contributed by atoms with Gasteiger partial charge in [0.05, 0.1) is 22.5 Å². The molecular formula is C16H22N2O6S2. The first kappa shape index (κ1) is 19.3. The minimum atomic E-state index is -3.67. The first-order valence-electron chi connectivity index (χ1n) is 8.48. The Labute approximate surface area is 153 Å². The first-order valence-corrected chi connectivity index (χ1v) is 11.8. The molecule has 144 valence electrons. The summed E-state index contributed by atoms with van der Waals surface area (Å²) < 4.78 is 55.4. The van der Waals surface area contributed by atoms with E-state index in [2.05, 4.69) is 10.0 Å². The quantitative estimate of drug-likeness (QED) is 0.695. The Morgan fingerprint density at radius 1 is 1.19 bits per heavy atom. The lowest BCUT2D eigenvalue weighted by molar-refractivity contribution is 0.0941. The summed E-state index contributed by atoms with van der Waals surface area (Å²) in [5.41, 5.74) is 0.285. The van der Waals surface area contributed by atoms with Crippen molar-refractivity contribution in [3.8, 4) is 0 Å². The average Bonchev–Trinajstić information content (AvgIpc) is 3.22. The van der Waals surface area contributed by atoms with E-state index in [-0.39, 0.29) is 34.6 Å². The van der Waals surface area contributed by atoms with Crippen LogP contribution < -0.4 is 10.0 Å². The highest BCUT2D eigenvalue weighted by molar-refractivity contribution is 7.91. The van der Waals surface area contributed by atoms with Crippen LogP contribution in [-0.4, -0.2) is 59.5 Å². The summed E-state index contributed by atoms with van der Waals surface area (Å²) in [4.78, 5) is 12.3. The average molecular weight is 402 g/mol. The molecule has 2 N–H and O–H groups in total. The lowest BCUT2D eigenvalue weighted by Gasteiger charge is -2.13. The maximum atomic E-state index is 12.3. The molecule has 2 aliphatic rings. The van der Waals surface area contributed by atoms with Crippen LogP contribution in [0.5, 0.6) is 0 Å². The van der Waals surface area contributed by atoms with Gasteiger partial charge in [0.1, 0.15) is 0 Å². The molecule has 0 saturated carbocycles. The maximum absolute atomic E-state index is 12.3. The number of benzene rings is 1. The van der Waals surface area contributed by atoms with Crippen molar-refractivity contribution in [1.29, 1.82) is 0 Å². The van der Waals surface area contributed by atoms with Crippen molar-refractivity contribution in [2.75, 3.05) is 24.7 Å². The summed E-state index contributed by atoms with van der Waals surface area (Å²) in [7, 11) is -6.74. The Balaban J connectivity index is 1.59. The number of carbonyl (C=O) groups excluding carboxylic acids is 1. The van der Waals surface area contributed by atoms with Gasteiger partial charge in [-0.05, 0) is 43.5 Å². The Bertz CT molecular complexity index is 859. The molecule has 3 rings (SSSR count). The summed E-state index contributed by atoms with van der Waals surface area (Å²) in [5, 5.41) is 2.67. The zero-order chi connectivity index (χ0) is 18.8. The number of hydrogen-bond donors (Lipinski definition) is 2. The van der Waals surface area contributed by atoms with E-state index in [1.165, 1.54) is 24.3 Å². The largest absolute Gasteiger partial charge is 0.377 e. The molecule has 1 aromatic rings. The molecule has 2 aliphatic heterocycles. The van der Waals surface area contributed by atoms with Gasteiger partial charge in [-0.25, -0.2) is 21.6 Å². The monoisotopic (exact) mass is 402 g/mol. The SMILES string of the molecule is O=C(N[C@H]1CCS(=O)(=O)C1)c1ccc(S(=O)(=O)NC[C@H]2CCCO2)cc1. The predicted molar refractivity (Wildman–Crippen MR) is 95.1 cm³/mol. The minimum absolute atomic E-state index is 0.0572. The molecule has 2 fully saturated rings. The standard InChI is InChI=1S/C16H22N2O6S2/c19-16(18-13-7-9-25(20,21)11-13)12-3-5-15(6-4-12)26(22,23)17-10-14-2-1-8-24-14/h3-6,13-14,17H,1-2,7-11H2,(H,18,19)/t13-,14+/m0/s1. The number of ether oxygens (including phenoxy) is 1. The van der Waals surface area contributed by atoms with Crippen molar-refractivity contribution in [1.82, 2.24) is 10.0 Å². The lowest BCUT2D eigenvalue weighted by atomic mass is 10.2. The number of sulfone groups is 1. The van der Waals surface area contributed by atoms with Gasteiger partial charge >= 0.3 is 0 Å². The molecule has 10 heteroatoms. The van der Waals surface area contributed by atoms with Gasteiger partial charge in [-0.15, -0.1) is 0 Å². The van der Waals surface area contributed by atoms with Crippen LogP contribution in [0.15, 0.2) is 29.2 Å². The molecule has 1 aromatic carbocycles. The smallest absolute Gasteiger partial charge is 0.251 e. The van der Waals surface area contributed by atoms with Crippen LogP contribution in [0.2, 0.25) is 0 Å². The van der Waals surface area contributed by atoms with E-state index in [1.807, 2.05) is 0 Å². The first-order chi connectivity index (χ1) is 12.3. The fourth-order valence-corrected chi connectivity index (χ4v) is 5.79. The Morgan fingerprint density at radius 2 is 1.92 bits per heavy atom. The number of hydrogen-bond acceptors (Lipinski definition) is 6. The van der Waals surface area contributed by atoms with Crippen molar-refractivity contribution in [2.24, 2.45) is 0 Å². The number of carbonyl (C=O) groups is 1. The van der Waals surface area contributed by atoms with E-state index < -0.39 is 31.8 Å². The highest BCUT2D eigenvalue weighted by Crippen LogP contribution is 2.15. The van der Waals surface area contributed by atoms with Crippen LogP contribution in [0.3, 0.4) is 0 Å². The Morgan fingerprint density at radius 3 is 2.50 bits per heavy atom. The van der Waals surface area contributed by atoms with Gasteiger partial charge in [-0.3, -0.25) is 4.79 Å². The van der Waals surface area contributed by atoms with Crippen molar-refractivity contribution < 1.29 is 26.4 Å². The molecule has 8 nitrogen and oxygen atoms in total. The van der Waals surface area contributed by atoms with E-state index in [9.17, 15) is 21.6 Å². The van der Waals surface area contributed by atoms with E-state index in [4.69, 9.17) is 4.74 Å². The molecule has 0 unspecified atom stereocenters. The molecule has 0 aromatic heterocycles. The Hall–Kier alpha value is -1.49. The highest BCUT2D eigenvalue weighted by atomic mass is 32.2. The van der Waals surface area contributed by atoms with Gasteiger partial charge in [0.25, 0.3) is 5.91 Å². The molecule has 1 amide bonds. The second kappa shape index (κ2) is 7.63. The van der Waals surface area contributed by atoms with Crippen molar-refractivity contribution >= 4 is 25.8 Å². The third-order valence-electron chi connectivity index (χ3n) is 4.52. The molecule has 0 radical (unpaired) electrons. The summed E-state index contributed by atoms with van der Waals surface area (Å²) in [6.45, 7) is 0.874. The zero-order valence-corrected chi connectivity index (χ0v) is 15.8. The van der Waals surface area contributed by atoms with Crippen molar-refractivity contribution in [2.45, 2.75) is 36.3 Å². The summed E-state index contributed by atoms with van der Waals surface area (Å²) >= 11 is 0. The van der Waals surface area contributed by atoms with Crippen LogP contribution in [0, 0.1) is 0 Å². The number of nitrogens with one attached hydrogen (secondary N) is 2. The Kier molecular flexibility index (Phi) is 5.66. The van der Waals surface area contributed by atoms with Gasteiger partial charge in [-0.1, -0.05) is 0 Å². The van der Waals surface area contributed by atoms with Crippen LogP contribution >= 0.6 is 0 Å². The van der Waals surface area contributed by atoms with Gasteiger partial charge in [-0.2, -0.15) is 0 Å². The summed E-state index contributed by atoms with van der Waals surface area (Å²) in [6, 6.07) is 5.15. The van der Waals surface area contributed by atoms with E-state index in [0.29, 0.717) is 13.0 Å². The summed E-state index contributed by atoms with van der Waals surface area (Å²) in [6.07, 6.45) is 2.06. The lowest BCUT2D eigenvalue weighted by Crippen LogP contribution is -2.35. The van der Waals surface area contributed by atoms with Crippen LogP contribution in [-0.2, 0) is 24.6 Å². The molecule has 26 heavy (non-hydrogen) atoms. The fraction of sp³-hybridized carbons (Fsp3) is 0.562. The molecule has 0 bridgehead atoms. The van der Waals surface area contributed by atoms with Gasteiger partial charge in [0.15, 0.2) is 9.84 Å². The number of sulfonamides is 1. The normalized spacial score (nSPS) is 25.2. The van der Waals surface area contributed by atoms with E-state index >= 15 is 0 Å². The number of amides is 1. The molecule has 0 aliphatic carbocycles. The molecule has 2 heterocycles. The van der Waals surface area contributed by atoms with E-state index in [1.54, 1.807) is 0 Å². The van der Waals surface area contributed by atoms with Gasteiger partial charge < -0.3 is 10.1 Å². The topological polar surface area (TPSA) is 119 Å². The second-order valence-electron chi connectivity index (χ2n) is 6.58. The van der Waals surface area contributed by atoms with Gasteiger partial charge in [0, 0.05) is 24.8 Å². The maximum Gasteiger partial charge on any atom is 0.251 e. The van der Waals surface area contributed by atoms with Crippen LogP contribution in [0.25, 0.3) is 0 Å².